The number of hydrogen-bond acceptors (Lipinski definition) is 6. The molecule has 0 fully saturated rings. The van der Waals surface area contributed by atoms with E-state index in [2.05, 4.69) is 53.1 Å². The zero-order valence-corrected chi connectivity index (χ0v) is 25.7. The van der Waals surface area contributed by atoms with Crippen molar-refractivity contribution in [1.82, 2.24) is 24.4 Å². The van der Waals surface area contributed by atoms with Crippen LogP contribution in [-0.2, 0) is 13.0 Å². The minimum atomic E-state index is -0.580. The van der Waals surface area contributed by atoms with Crippen LogP contribution in [0.1, 0.15) is 39.7 Å². The number of halogens is 2. The number of pyridine rings is 2. The summed E-state index contributed by atoms with van der Waals surface area (Å²) in [5.41, 5.74) is 4.37. The molecule has 0 unspecified atom stereocenters. The van der Waals surface area contributed by atoms with Gasteiger partial charge in [-0.2, -0.15) is 9.37 Å². The fourth-order valence-electron chi connectivity index (χ4n) is 5.36. The highest BCUT2D eigenvalue weighted by Gasteiger charge is 2.16. The van der Waals surface area contributed by atoms with E-state index in [1.807, 2.05) is 19.1 Å². The van der Waals surface area contributed by atoms with Gasteiger partial charge in [0.05, 0.1) is 0 Å². The lowest BCUT2D eigenvalue weighted by Gasteiger charge is -2.24. The number of anilines is 2. The highest BCUT2D eigenvalue weighted by Crippen LogP contribution is 2.32. The second-order valence-electron chi connectivity index (χ2n) is 10.8. The van der Waals surface area contributed by atoms with Crippen LogP contribution < -0.4 is 10.9 Å². The molecule has 0 aliphatic carbocycles. The number of nitrogens with one attached hydrogen (secondary N) is 1. The smallest absolute Gasteiger partial charge is 0.260 e. The molecule has 5 aromatic rings. The third kappa shape index (κ3) is 6.76. The third-order valence-electron chi connectivity index (χ3n) is 7.73. The minimum Gasteiger partial charge on any atom is -0.324 e. The van der Waals surface area contributed by atoms with E-state index in [-0.39, 0.29) is 5.56 Å². The van der Waals surface area contributed by atoms with Gasteiger partial charge in [0.1, 0.15) is 5.65 Å². The van der Waals surface area contributed by atoms with Crippen molar-refractivity contribution in [2.75, 3.05) is 18.4 Å². The number of benzene rings is 2. The van der Waals surface area contributed by atoms with Crippen molar-refractivity contribution in [3.63, 3.8) is 0 Å². The van der Waals surface area contributed by atoms with Crippen LogP contribution in [0.3, 0.4) is 0 Å². The third-order valence-corrected chi connectivity index (χ3v) is 8.04. The summed E-state index contributed by atoms with van der Waals surface area (Å²) in [6, 6.07) is 19.1. The first-order valence-electron chi connectivity index (χ1n) is 14.7. The van der Waals surface area contributed by atoms with Crippen LogP contribution >= 0.6 is 11.6 Å². The van der Waals surface area contributed by atoms with Gasteiger partial charge in [-0.3, -0.25) is 9.36 Å². The SMILES string of the molecule is CCN(CCCc1ccc(Nc2ncc3cc(-c4ccc(-c5cccnc5F)cc4Cl)c(=O)n(CC)c3n2)cc1)C(C)C. The number of aromatic nitrogens is 4. The van der Waals surface area contributed by atoms with Crippen molar-refractivity contribution in [3.05, 3.63) is 99.9 Å². The second-order valence-corrected chi connectivity index (χ2v) is 11.2. The van der Waals surface area contributed by atoms with Crippen LogP contribution in [0.15, 0.2) is 77.9 Å². The first-order valence-corrected chi connectivity index (χ1v) is 15.1. The Morgan fingerprint density at radius 2 is 1.79 bits per heavy atom. The molecule has 7 nitrogen and oxygen atoms in total. The zero-order valence-electron chi connectivity index (χ0n) is 24.9. The highest BCUT2D eigenvalue weighted by molar-refractivity contribution is 6.33. The maximum absolute atomic E-state index is 14.2. The van der Waals surface area contributed by atoms with Gasteiger partial charge in [-0.05, 0) is 94.2 Å². The summed E-state index contributed by atoms with van der Waals surface area (Å²) in [6.45, 7) is 11.1. The van der Waals surface area contributed by atoms with Crippen molar-refractivity contribution in [3.8, 4) is 22.3 Å². The molecule has 3 heterocycles. The van der Waals surface area contributed by atoms with E-state index in [9.17, 15) is 9.18 Å². The van der Waals surface area contributed by atoms with Gasteiger partial charge in [0.15, 0.2) is 0 Å². The molecule has 0 spiro atoms. The average Bonchev–Trinajstić information content (AvgIpc) is 3.00. The molecule has 2 aromatic carbocycles. The summed E-state index contributed by atoms with van der Waals surface area (Å²) in [6.07, 6.45) is 5.23. The Labute approximate surface area is 256 Å². The number of rotatable bonds is 11. The summed E-state index contributed by atoms with van der Waals surface area (Å²) >= 11 is 6.64. The Balaban J connectivity index is 1.37. The van der Waals surface area contributed by atoms with Gasteiger partial charge in [0.2, 0.25) is 11.9 Å². The number of aryl methyl sites for hydroxylation is 2. The minimum absolute atomic E-state index is 0.217. The van der Waals surface area contributed by atoms with Crippen molar-refractivity contribution < 1.29 is 4.39 Å². The lowest BCUT2D eigenvalue weighted by Crippen LogP contribution is -2.31. The Hall–Kier alpha value is -4.14. The molecule has 0 bridgehead atoms. The molecule has 0 radical (unpaired) electrons. The largest absolute Gasteiger partial charge is 0.324 e. The van der Waals surface area contributed by atoms with Crippen LogP contribution in [-0.4, -0.2) is 43.6 Å². The van der Waals surface area contributed by atoms with E-state index in [0.29, 0.717) is 56.8 Å². The van der Waals surface area contributed by atoms with E-state index in [1.165, 1.54) is 11.8 Å². The molecule has 5 rings (SSSR count). The van der Waals surface area contributed by atoms with E-state index >= 15 is 0 Å². The predicted molar refractivity (Wildman–Crippen MR) is 174 cm³/mol. The van der Waals surface area contributed by atoms with Gasteiger partial charge in [0.25, 0.3) is 5.56 Å². The van der Waals surface area contributed by atoms with E-state index in [1.54, 1.807) is 47.2 Å². The number of nitrogens with zero attached hydrogens (tertiary/aromatic N) is 5. The van der Waals surface area contributed by atoms with Crippen molar-refractivity contribution in [1.29, 1.82) is 0 Å². The van der Waals surface area contributed by atoms with Crippen LogP contribution in [0.25, 0.3) is 33.3 Å². The molecule has 0 aliphatic rings. The summed E-state index contributed by atoms with van der Waals surface area (Å²) in [4.78, 5) is 29.0. The van der Waals surface area contributed by atoms with Crippen molar-refractivity contribution in [2.24, 2.45) is 0 Å². The molecule has 43 heavy (non-hydrogen) atoms. The first kappa shape index (κ1) is 30.3. The Morgan fingerprint density at radius 3 is 2.47 bits per heavy atom. The molecule has 3 aromatic heterocycles. The number of fused-ring (bicyclic) bond motifs is 1. The lowest BCUT2D eigenvalue weighted by atomic mass is 10.0. The molecule has 1 N–H and O–H groups in total. The molecule has 0 saturated heterocycles. The molecular formula is C34H36ClFN6O. The monoisotopic (exact) mass is 598 g/mol. The number of hydrogen-bond donors (Lipinski definition) is 1. The molecular weight excluding hydrogens is 563 g/mol. The Kier molecular flexibility index (Phi) is 9.48. The molecule has 9 heteroatoms. The summed E-state index contributed by atoms with van der Waals surface area (Å²) in [7, 11) is 0. The van der Waals surface area contributed by atoms with E-state index < -0.39 is 5.95 Å². The topological polar surface area (TPSA) is 75.9 Å². The van der Waals surface area contributed by atoms with Gasteiger partial charge in [-0.15, -0.1) is 0 Å². The Morgan fingerprint density at radius 1 is 1.00 bits per heavy atom. The van der Waals surface area contributed by atoms with Crippen LogP contribution in [0.4, 0.5) is 16.0 Å². The molecule has 0 atom stereocenters. The highest BCUT2D eigenvalue weighted by atomic mass is 35.5. The summed E-state index contributed by atoms with van der Waals surface area (Å²) in [5.74, 6) is -0.172. The van der Waals surface area contributed by atoms with Crippen LogP contribution in [0, 0.1) is 5.95 Å². The first-order chi connectivity index (χ1) is 20.8. The van der Waals surface area contributed by atoms with Crippen LogP contribution in [0.2, 0.25) is 5.02 Å². The molecule has 222 valence electrons. The Bertz CT molecular complexity index is 1790. The maximum atomic E-state index is 14.2. The van der Waals surface area contributed by atoms with Gasteiger partial charge < -0.3 is 10.2 Å². The zero-order chi connectivity index (χ0) is 30.5. The van der Waals surface area contributed by atoms with Gasteiger partial charge in [-0.1, -0.05) is 42.8 Å². The standard InChI is InChI=1S/C34H36ClFN6O/c1-5-41(22(3)4)18-8-9-23-11-14-26(15-12-23)39-34-38-21-25-19-29(33(43)42(6-2)32(25)40-34)28-16-13-24(20-30(28)35)27-10-7-17-37-31(27)36/h7,10-17,19-22H,5-6,8-9,18H2,1-4H3,(H,38,39,40). The van der Waals surface area contributed by atoms with Gasteiger partial charge in [-0.25, -0.2) is 9.97 Å². The van der Waals surface area contributed by atoms with Crippen molar-refractivity contribution >= 4 is 34.3 Å². The summed E-state index contributed by atoms with van der Waals surface area (Å²) in [5, 5.41) is 4.32. The van der Waals surface area contributed by atoms with E-state index in [0.717, 1.165) is 31.6 Å². The van der Waals surface area contributed by atoms with Crippen LogP contribution in [0.5, 0.6) is 0 Å². The van der Waals surface area contributed by atoms with Gasteiger partial charge in [0, 0.05) is 57.8 Å². The predicted octanol–water partition coefficient (Wildman–Crippen LogP) is 7.74. The fraction of sp³-hybridized carbons (Fsp3) is 0.294. The van der Waals surface area contributed by atoms with E-state index in [4.69, 9.17) is 16.6 Å². The average molecular weight is 599 g/mol. The molecule has 0 aliphatic heterocycles. The van der Waals surface area contributed by atoms with Crippen molar-refractivity contribution in [2.45, 2.75) is 53.1 Å². The maximum Gasteiger partial charge on any atom is 0.260 e. The van der Waals surface area contributed by atoms with Gasteiger partial charge >= 0.3 is 0 Å². The molecule has 0 saturated carbocycles. The molecule has 0 amide bonds. The normalized spacial score (nSPS) is 11.5. The quantitative estimate of drug-likeness (QED) is 0.157. The lowest BCUT2D eigenvalue weighted by molar-refractivity contribution is 0.231. The fourth-order valence-corrected chi connectivity index (χ4v) is 5.64. The summed E-state index contributed by atoms with van der Waals surface area (Å²) < 4.78 is 15.8. The second kappa shape index (κ2) is 13.4.